The van der Waals surface area contributed by atoms with Crippen molar-refractivity contribution >= 4 is 49.0 Å². The molecule has 1 aliphatic rings. The third-order valence-corrected chi connectivity index (χ3v) is 7.89. The fourth-order valence-electron chi connectivity index (χ4n) is 4.18. The molecule has 0 bridgehead atoms. The van der Waals surface area contributed by atoms with Gasteiger partial charge < -0.3 is 11.1 Å². The van der Waals surface area contributed by atoms with Gasteiger partial charge in [-0.2, -0.15) is 13.2 Å². The lowest BCUT2D eigenvalue weighted by molar-refractivity contribution is -0.115. The standard InChI is InChI=1S/C25H18ClF4N5O3S/c26-15-2-4-16(5-3-15)35-22-14(11-19(27)21(34-22)33-12-25(28,29)30)10-17(24(35)36)13-1-6-20(31)18(9-13)23-32-7-8-39(23,37)38/h1-6,9-11H,7-8,12,31H2,(H,33,34). The molecular weight excluding hydrogens is 562 g/mol. The molecule has 0 atom stereocenters. The first-order valence-corrected chi connectivity index (χ1v) is 13.4. The van der Waals surface area contributed by atoms with Crippen LogP contribution in [0.2, 0.25) is 5.02 Å². The topological polar surface area (TPSA) is 119 Å². The fourth-order valence-corrected chi connectivity index (χ4v) is 5.63. The third-order valence-electron chi connectivity index (χ3n) is 5.98. The van der Waals surface area contributed by atoms with Crippen LogP contribution in [-0.2, 0) is 9.84 Å². The molecule has 3 N–H and O–H groups in total. The van der Waals surface area contributed by atoms with Crippen LogP contribution in [0.5, 0.6) is 0 Å². The van der Waals surface area contributed by atoms with Crippen molar-refractivity contribution in [3.05, 3.63) is 81.4 Å². The lowest BCUT2D eigenvalue weighted by Crippen LogP contribution is -2.24. The number of fused-ring (bicyclic) bond motifs is 1. The summed E-state index contributed by atoms with van der Waals surface area (Å²) < 4.78 is 79.1. The van der Waals surface area contributed by atoms with Crippen molar-refractivity contribution in [2.24, 2.45) is 4.99 Å². The lowest BCUT2D eigenvalue weighted by atomic mass is 10.0. The molecule has 4 aromatic rings. The van der Waals surface area contributed by atoms with Crippen LogP contribution in [0.25, 0.3) is 27.8 Å². The lowest BCUT2D eigenvalue weighted by Gasteiger charge is -2.16. The van der Waals surface area contributed by atoms with E-state index in [-0.39, 0.29) is 56.4 Å². The number of nitrogens with zero attached hydrogens (tertiary/aromatic N) is 3. The van der Waals surface area contributed by atoms with Crippen molar-refractivity contribution in [2.45, 2.75) is 6.18 Å². The Hall–Kier alpha value is -3.97. The zero-order valence-electron chi connectivity index (χ0n) is 19.8. The molecule has 39 heavy (non-hydrogen) atoms. The number of nitrogen functional groups attached to an aromatic ring is 1. The first kappa shape index (κ1) is 26.6. The molecule has 1 aliphatic heterocycles. The van der Waals surface area contributed by atoms with Crippen molar-refractivity contribution in [1.29, 1.82) is 0 Å². The summed E-state index contributed by atoms with van der Waals surface area (Å²) in [5.41, 5.74) is 6.08. The number of alkyl halides is 3. The van der Waals surface area contributed by atoms with Gasteiger partial charge in [0.2, 0.25) is 0 Å². The Balaban J connectivity index is 1.76. The minimum absolute atomic E-state index is 0.0342. The van der Waals surface area contributed by atoms with Crippen LogP contribution in [0.4, 0.5) is 29.1 Å². The summed E-state index contributed by atoms with van der Waals surface area (Å²) in [5, 5.41) is 2.19. The molecular formula is C25H18ClF4N5O3S. The zero-order valence-corrected chi connectivity index (χ0v) is 21.3. The van der Waals surface area contributed by atoms with E-state index in [1.807, 2.05) is 5.32 Å². The average Bonchev–Trinajstić information content (AvgIpc) is 3.22. The van der Waals surface area contributed by atoms with Crippen LogP contribution in [0.15, 0.2) is 64.4 Å². The van der Waals surface area contributed by atoms with Gasteiger partial charge in [0.05, 0.1) is 18.0 Å². The number of aliphatic imine (C=N–C) groups is 1. The summed E-state index contributed by atoms with van der Waals surface area (Å²) in [6, 6.07) is 12.6. The number of benzene rings is 2. The van der Waals surface area contributed by atoms with Crippen molar-refractivity contribution in [1.82, 2.24) is 9.55 Å². The quantitative estimate of drug-likeness (QED) is 0.264. The largest absolute Gasteiger partial charge is 0.405 e. The van der Waals surface area contributed by atoms with E-state index in [2.05, 4.69) is 9.98 Å². The summed E-state index contributed by atoms with van der Waals surface area (Å²) >= 11 is 5.99. The summed E-state index contributed by atoms with van der Waals surface area (Å²) in [6.07, 6.45) is -4.63. The van der Waals surface area contributed by atoms with Crippen molar-refractivity contribution in [3.8, 4) is 16.8 Å². The number of nitrogens with two attached hydrogens (primary N) is 1. The maximum atomic E-state index is 14.8. The van der Waals surface area contributed by atoms with Crippen LogP contribution in [0.1, 0.15) is 5.56 Å². The number of pyridine rings is 2. The van der Waals surface area contributed by atoms with Gasteiger partial charge in [-0.3, -0.25) is 14.4 Å². The second-order valence-corrected chi connectivity index (χ2v) is 11.1. The Morgan fingerprint density at radius 2 is 1.77 bits per heavy atom. The van der Waals surface area contributed by atoms with E-state index >= 15 is 0 Å². The maximum absolute atomic E-state index is 14.8. The number of anilines is 2. The molecule has 5 rings (SSSR count). The molecule has 0 aliphatic carbocycles. The third kappa shape index (κ3) is 5.19. The normalized spacial score (nSPS) is 14.9. The van der Waals surface area contributed by atoms with E-state index in [0.29, 0.717) is 5.02 Å². The van der Waals surface area contributed by atoms with Gasteiger partial charge in [0.15, 0.2) is 26.5 Å². The van der Waals surface area contributed by atoms with E-state index < -0.39 is 39.8 Å². The number of nitrogens with one attached hydrogen (secondary N) is 1. The van der Waals surface area contributed by atoms with E-state index in [4.69, 9.17) is 17.3 Å². The number of rotatable bonds is 5. The van der Waals surface area contributed by atoms with Crippen molar-refractivity contribution < 1.29 is 26.0 Å². The average molecular weight is 580 g/mol. The Bertz CT molecular complexity index is 1820. The SMILES string of the molecule is Nc1ccc(-c2cc3cc(F)c(NCC(F)(F)F)nc3n(-c3ccc(Cl)cc3)c2=O)cc1C1=NCCS1(=O)=O. The fraction of sp³-hybridized carbons (Fsp3) is 0.160. The van der Waals surface area contributed by atoms with Gasteiger partial charge in [0.1, 0.15) is 12.2 Å². The smallest absolute Gasteiger partial charge is 0.398 e. The Morgan fingerprint density at radius 3 is 2.41 bits per heavy atom. The van der Waals surface area contributed by atoms with Crippen LogP contribution < -0.4 is 16.6 Å². The van der Waals surface area contributed by atoms with E-state index in [1.165, 1.54) is 48.5 Å². The maximum Gasteiger partial charge on any atom is 0.405 e. The molecule has 8 nitrogen and oxygen atoms in total. The van der Waals surface area contributed by atoms with Gasteiger partial charge in [0, 0.05) is 27.2 Å². The minimum atomic E-state index is -4.63. The molecule has 14 heteroatoms. The highest BCUT2D eigenvalue weighted by molar-refractivity contribution is 8.07. The van der Waals surface area contributed by atoms with Crippen LogP contribution in [0.3, 0.4) is 0 Å². The zero-order chi connectivity index (χ0) is 28.1. The highest BCUT2D eigenvalue weighted by atomic mass is 35.5. The predicted molar refractivity (Wildman–Crippen MR) is 142 cm³/mol. The summed E-state index contributed by atoms with van der Waals surface area (Å²) in [4.78, 5) is 21.9. The van der Waals surface area contributed by atoms with Gasteiger partial charge in [-0.1, -0.05) is 17.7 Å². The molecule has 0 fully saturated rings. The van der Waals surface area contributed by atoms with Gasteiger partial charge in [0.25, 0.3) is 5.56 Å². The predicted octanol–water partition coefficient (Wildman–Crippen LogP) is 4.58. The molecule has 2 aromatic carbocycles. The van der Waals surface area contributed by atoms with E-state index in [9.17, 15) is 30.8 Å². The summed E-state index contributed by atoms with van der Waals surface area (Å²) in [5.74, 6) is -1.92. The summed E-state index contributed by atoms with van der Waals surface area (Å²) in [7, 11) is -3.66. The highest BCUT2D eigenvalue weighted by Crippen LogP contribution is 2.30. The number of halogens is 5. The number of hydrogen-bond donors (Lipinski definition) is 2. The Kier molecular flexibility index (Phi) is 6.59. The van der Waals surface area contributed by atoms with Crippen LogP contribution >= 0.6 is 11.6 Å². The van der Waals surface area contributed by atoms with Gasteiger partial charge >= 0.3 is 6.18 Å². The van der Waals surface area contributed by atoms with Crippen LogP contribution in [0, 0.1) is 5.82 Å². The molecule has 202 valence electrons. The molecule has 3 heterocycles. The first-order chi connectivity index (χ1) is 18.3. The Labute approximate surface area is 223 Å². The van der Waals surface area contributed by atoms with Gasteiger partial charge in [-0.15, -0.1) is 0 Å². The molecule has 0 saturated heterocycles. The van der Waals surface area contributed by atoms with Crippen molar-refractivity contribution in [2.75, 3.05) is 29.9 Å². The molecule has 2 aromatic heterocycles. The molecule has 0 spiro atoms. The Morgan fingerprint density at radius 1 is 1.05 bits per heavy atom. The van der Waals surface area contributed by atoms with E-state index in [1.54, 1.807) is 0 Å². The first-order valence-electron chi connectivity index (χ1n) is 11.3. The second kappa shape index (κ2) is 9.65. The van der Waals surface area contributed by atoms with Crippen LogP contribution in [-0.4, -0.2) is 48.0 Å². The molecule has 0 saturated carbocycles. The second-order valence-electron chi connectivity index (χ2n) is 8.68. The van der Waals surface area contributed by atoms with Gasteiger partial charge in [-0.05, 0) is 54.1 Å². The summed E-state index contributed by atoms with van der Waals surface area (Å²) in [6.45, 7) is -1.46. The van der Waals surface area contributed by atoms with Crippen molar-refractivity contribution in [3.63, 3.8) is 0 Å². The molecule has 0 unspecified atom stereocenters. The number of sulfone groups is 1. The minimum Gasteiger partial charge on any atom is -0.398 e. The molecule has 0 amide bonds. The highest BCUT2D eigenvalue weighted by Gasteiger charge is 2.29. The number of aromatic nitrogens is 2. The molecule has 0 radical (unpaired) electrons. The number of hydrogen-bond acceptors (Lipinski definition) is 7. The monoisotopic (exact) mass is 579 g/mol. The van der Waals surface area contributed by atoms with Gasteiger partial charge in [-0.25, -0.2) is 17.8 Å². The van der Waals surface area contributed by atoms with E-state index in [0.717, 1.165) is 10.6 Å².